The predicted octanol–water partition coefficient (Wildman–Crippen LogP) is 3.69. The minimum atomic E-state index is -0.646. The Morgan fingerprint density at radius 3 is 2.65 bits per heavy atom. The number of methoxy groups -OCH3 is 1. The fourth-order valence-corrected chi connectivity index (χ4v) is 2.81. The molecule has 20 heavy (non-hydrogen) atoms. The second-order valence-corrected chi connectivity index (χ2v) is 6.20. The van der Waals surface area contributed by atoms with Gasteiger partial charge >= 0.3 is 5.97 Å². The first-order valence-corrected chi connectivity index (χ1v) is 7.07. The van der Waals surface area contributed by atoms with Crippen LogP contribution in [0.15, 0.2) is 34.1 Å². The van der Waals surface area contributed by atoms with E-state index in [0.29, 0.717) is 4.88 Å². The van der Waals surface area contributed by atoms with Gasteiger partial charge in [-0.15, -0.1) is 11.3 Å². The van der Waals surface area contributed by atoms with Crippen LogP contribution in [0.2, 0.25) is 0 Å². The minimum absolute atomic E-state index is 0.0753. The van der Waals surface area contributed by atoms with Crippen molar-refractivity contribution in [2.45, 2.75) is 0 Å². The average molecular weight is 358 g/mol. The summed E-state index contributed by atoms with van der Waals surface area (Å²) in [7, 11) is 1.22. The summed E-state index contributed by atoms with van der Waals surface area (Å²) in [6.07, 6.45) is 0. The summed E-state index contributed by atoms with van der Waals surface area (Å²) in [6, 6.07) is 6.82. The van der Waals surface area contributed by atoms with Crippen LogP contribution in [0, 0.1) is 5.82 Å². The maximum atomic E-state index is 13.3. The number of amides is 1. The highest BCUT2D eigenvalue weighted by molar-refractivity contribution is 9.11. The molecule has 0 saturated carbocycles. The summed E-state index contributed by atoms with van der Waals surface area (Å²) >= 11 is 4.48. The van der Waals surface area contributed by atoms with Gasteiger partial charge in [0, 0.05) is 0 Å². The predicted molar refractivity (Wildman–Crippen MR) is 77.7 cm³/mol. The Balaban J connectivity index is 2.30. The minimum Gasteiger partial charge on any atom is -0.465 e. The quantitative estimate of drug-likeness (QED) is 0.852. The second-order valence-electron chi connectivity index (χ2n) is 3.74. The number of benzene rings is 1. The maximum Gasteiger partial charge on any atom is 0.339 e. The zero-order valence-electron chi connectivity index (χ0n) is 10.3. The SMILES string of the molecule is COC(=O)c1ccc(F)cc1NC(=O)c1ccc(Br)s1. The summed E-state index contributed by atoms with van der Waals surface area (Å²) in [5.74, 6) is -1.62. The van der Waals surface area contributed by atoms with Crippen LogP contribution in [0.4, 0.5) is 10.1 Å². The third kappa shape index (κ3) is 3.23. The Bertz CT molecular complexity index is 671. The Labute approximate surface area is 126 Å². The molecular formula is C13H9BrFNO3S. The van der Waals surface area contributed by atoms with E-state index in [1.54, 1.807) is 12.1 Å². The molecule has 7 heteroatoms. The first kappa shape index (κ1) is 14.7. The summed E-state index contributed by atoms with van der Waals surface area (Å²) in [4.78, 5) is 24.0. The Morgan fingerprint density at radius 2 is 2.05 bits per heavy atom. The largest absolute Gasteiger partial charge is 0.465 e. The number of esters is 1. The van der Waals surface area contributed by atoms with Gasteiger partial charge in [0.25, 0.3) is 5.91 Å². The van der Waals surface area contributed by atoms with Crippen LogP contribution in [0.25, 0.3) is 0 Å². The summed E-state index contributed by atoms with van der Waals surface area (Å²) in [6.45, 7) is 0. The number of anilines is 1. The maximum absolute atomic E-state index is 13.3. The van der Waals surface area contributed by atoms with Gasteiger partial charge in [0.1, 0.15) is 5.82 Å². The van der Waals surface area contributed by atoms with Crippen molar-refractivity contribution >= 4 is 44.8 Å². The Hall–Kier alpha value is -1.73. The van der Waals surface area contributed by atoms with E-state index < -0.39 is 17.7 Å². The summed E-state index contributed by atoms with van der Waals surface area (Å²) in [5.41, 5.74) is 0.171. The monoisotopic (exact) mass is 357 g/mol. The lowest BCUT2D eigenvalue weighted by Crippen LogP contribution is -2.14. The van der Waals surface area contributed by atoms with Gasteiger partial charge in [-0.05, 0) is 46.3 Å². The normalized spacial score (nSPS) is 10.2. The Morgan fingerprint density at radius 1 is 1.30 bits per heavy atom. The molecule has 0 radical (unpaired) electrons. The molecule has 1 aromatic carbocycles. The molecule has 0 unspecified atom stereocenters. The molecule has 1 heterocycles. The van der Waals surface area contributed by atoms with Crippen molar-refractivity contribution in [1.82, 2.24) is 0 Å². The third-order valence-corrected chi connectivity index (χ3v) is 4.05. The van der Waals surface area contributed by atoms with Crippen LogP contribution < -0.4 is 5.32 Å². The van der Waals surface area contributed by atoms with Gasteiger partial charge in [0.05, 0.1) is 27.0 Å². The van der Waals surface area contributed by atoms with Gasteiger partial charge in [0.15, 0.2) is 0 Å². The van der Waals surface area contributed by atoms with Crippen molar-refractivity contribution in [2.24, 2.45) is 0 Å². The van der Waals surface area contributed by atoms with E-state index >= 15 is 0 Å². The highest BCUT2D eigenvalue weighted by Crippen LogP contribution is 2.24. The van der Waals surface area contributed by atoms with Gasteiger partial charge in [-0.2, -0.15) is 0 Å². The fraction of sp³-hybridized carbons (Fsp3) is 0.0769. The molecule has 0 aliphatic rings. The van der Waals surface area contributed by atoms with Crippen LogP contribution in [0.3, 0.4) is 0 Å². The molecule has 1 amide bonds. The van der Waals surface area contributed by atoms with Crippen molar-refractivity contribution in [3.05, 3.63) is 50.4 Å². The molecule has 1 aromatic heterocycles. The topological polar surface area (TPSA) is 55.4 Å². The van der Waals surface area contributed by atoms with E-state index in [4.69, 9.17) is 0 Å². The number of thiophene rings is 1. The van der Waals surface area contributed by atoms with Crippen LogP contribution >= 0.6 is 27.3 Å². The lowest BCUT2D eigenvalue weighted by Gasteiger charge is -2.09. The molecule has 2 aromatic rings. The van der Waals surface area contributed by atoms with E-state index in [9.17, 15) is 14.0 Å². The smallest absolute Gasteiger partial charge is 0.339 e. The van der Waals surface area contributed by atoms with Gasteiger partial charge in [-0.25, -0.2) is 9.18 Å². The average Bonchev–Trinajstić information content (AvgIpc) is 2.85. The second kappa shape index (κ2) is 6.15. The van der Waals surface area contributed by atoms with E-state index in [-0.39, 0.29) is 11.3 Å². The standard InChI is InChI=1S/C13H9BrFNO3S/c1-19-13(18)8-3-2-7(15)6-9(8)16-12(17)10-4-5-11(14)20-10/h2-6H,1H3,(H,16,17). The number of hydrogen-bond donors (Lipinski definition) is 1. The van der Waals surface area contributed by atoms with E-state index in [0.717, 1.165) is 15.9 Å². The number of halogens is 2. The summed E-state index contributed by atoms with van der Waals surface area (Å²) < 4.78 is 18.7. The molecule has 4 nitrogen and oxygen atoms in total. The number of carbonyl (C=O) groups is 2. The number of nitrogens with one attached hydrogen (secondary N) is 1. The molecule has 0 spiro atoms. The third-order valence-electron chi connectivity index (χ3n) is 2.43. The van der Waals surface area contributed by atoms with Crippen molar-refractivity contribution < 1.29 is 18.7 Å². The fourth-order valence-electron chi connectivity index (χ4n) is 1.53. The molecule has 0 aliphatic heterocycles. The zero-order chi connectivity index (χ0) is 14.7. The van der Waals surface area contributed by atoms with Gasteiger partial charge in [-0.3, -0.25) is 4.79 Å². The molecule has 104 valence electrons. The number of hydrogen-bond acceptors (Lipinski definition) is 4. The first-order chi connectivity index (χ1) is 9.51. The molecule has 0 saturated heterocycles. The first-order valence-electron chi connectivity index (χ1n) is 5.46. The lowest BCUT2D eigenvalue weighted by molar-refractivity contribution is 0.0602. The van der Waals surface area contributed by atoms with Crippen molar-refractivity contribution in [3.63, 3.8) is 0 Å². The van der Waals surface area contributed by atoms with Crippen LogP contribution in [0.1, 0.15) is 20.0 Å². The molecule has 2 rings (SSSR count). The highest BCUT2D eigenvalue weighted by Gasteiger charge is 2.16. The number of ether oxygens (including phenoxy) is 1. The number of rotatable bonds is 3. The van der Waals surface area contributed by atoms with Gasteiger partial charge < -0.3 is 10.1 Å². The lowest BCUT2D eigenvalue weighted by atomic mass is 10.1. The van der Waals surface area contributed by atoms with E-state index in [1.165, 1.54) is 24.5 Å². The molecule has 1 N–H and O–H groups in total. The van der Waals surface area contributed by atoms with Crippen molar-refractivity contribution in [2.75, 3.05) is 12.4 Å². The molecule has 0 fully saturated rings. The highest BCUT2D eigenvalue weighted by atomic mass is 79.9. The van der Waals surface area contributed by atoms with Crippen LogP contribution in [-0.4, -0.2) is 19.0 Å². The Kier molecular flexibility index (Phi) is 4.51. The zero-order valence-corrected chi connectivity index (χ0v) is 12.7. The van der Waals surface area contributed by atoms with Crippen LogP contribution in [-0.2, 0) is 4.74 Å². The van der Waals surface area contributed by atoms with Gasteiger partial charge in [0.2, 0.25) is 0 Å². The molecule has 0 aliphatic carbocycles. The van der Waals surface area contributed by atoms with Gasteiger partial charge in [-0.1, -0.05) is 0 Å². The van der Waals surface area contributed by atoms with Crippen LogP contribution in [0.5, 0.6) is 0 Å². The van der Waals surface area contributed by atoms with Crippen molar-refractivity contribution in [1.29, 1.82) is 0 Å². The summed E-state index contributed by atoms with van der Waals surface area (Å²) in [5, 5.41) is 2.51. The number of carbonyl (C=O) groups excluding carboxylic acids is 2. The molecule has 0 atom stereocenters. The van der Waals surface area contributed by atoms with E-state index in [2.05, 4.69) is 26.0 Å². The molecular weight excluding hydrogens is 349 g/mol. The van der Waals surface area contributed by atoms with Crippen molar-refractivity contribution in [3.8, 4) is 0 Å². The molecule has 0 bridgehead atoms. The van der Waals surface area contributed by atoms with E-state index in [1.807, 2.05) is 0 Å².